The molecule has 1 aromatic heterocycles. The maximum absolute atomic E-state index is 5.34. The second-order valence-corrected chi connectivity index (χ2v) is 4.36. The number of fused-ring (bicyclic) bond motifs is 1. The van der Waals surface area contributed by atoms with Crippen molar-refractivity contribution in [2.45, 2.75) is 19.8 Å². The Balaban J connectivity index is 2.73. The number of nitrogens with one attached hydrogen (secondary N) is 1. The molecule has 17 heavy (non-hydrogen) atoms. The summed E-state index contributed by atoms with van der Waals surface area (Å²) in [6.07, 6.45) is 0. The summed E-state index contributed by atoms with van der Waals surface area (Å²) in [5.74, 6) is 2.19. The van der Waals surface area contributed by atoms with Gasteiger partial charge in [0.1, 0.15) is 17.1 Å². The SMILES string of the molecule is CNc1nc2c(OC)cccc2cc1C(C)C. The Morgan fingerprint density at radius 3 is 2.65 bits per heavy atom. The van der Waals surface area contributed by atoms with Crippen LogP contribution in [0.4, 0.5) is 5.82 Å². The molecule has 0 aliphatic rings. The predicted molar refractivity (Wildman–Crippen MR) is 71.9 cm³/mol. The van der Waals surface area contributed by atoms with Crippen LogP contribution in [-0.4, -0.2) is 19.1 Å². The van der Waals surface area contributed by atoms with E-state index in [-0.39, 0.29) is 0 Å². The van der Waals surface area contributed by atoms with E-state index >= 15 is 0 Å². The van der Waals surface area contributed by atoms with Gasteiger partial charge in [0, 0.05) is 12.4 Å². The van der Waals surface area contributed by atoms with Gasteiger partial charge in [-0.1, -0.05) is 26.0 Å². The molecule has 1 aromatic carbocycles. The minimum atomic E-state index is 0.445. The van der Waals surface area contributed by atoms with Crippen LogP contribution in [-0.2, 0) is 0 Å². The molecule has 0 saturated carbocycles. The molecule has 0 saturated heterocycles. The maximum Gasteiger partial charge on any atom is 0.145 e. The maximum atomic E-state index is 5.34. The van der Waals surface area contributed by atoms with Crippen molar-refractivity contribution in [3.8, 4) is 5.75 Å². The number of ether oxygens (including phenoxy) is 1. The summed E-state index contributed by atoms with van der Waals surface area (Å²) in [5.41, 5.74) is 2.14. The molecule has 0 amide bonds. The first kappa shape index (κ1) is 11.7. The van der Waals surface area contributed by atoms with Crippen molar-refractivity contribution >= 4 is 16.7 Å². The van der Waals surface area contributed by atoms with Gasteiger partial charge in [-0.15, -0.1) is 0 Å². The summed E-state index contributed by atoms with van der Waals surface area (Å²) < 4.78 is 5.34. The highest BCUT2D eigenvalue weighted by Gasteiger charge is 2.11. The van der Waals surface area contributed by atoms with Gasteiger partial charge in [-0.3, -0.25) is 0 Å². The Labute approximate surface area is 102 Å². The fourth-order valence-electron chi connectivity index (χ4n) is 1.99. The summed E-state index contributed by atoms with van der Waals surface area (Å²) in [7, 11) is 3.57. The first-order valence-corrected chi connectivity index (χ1v) is 5.82. The van der Waals surface area contributed by atoms with E-state index < -0.39 is 0 Å². The summed E-state index contributed by atoms with van der Waals surface area (Å²) in [5, 5.41) is 4.27. The van der Waals surface area contributed by atoms with Gasteiger partial charge in [-0.05, 0) is 23.6 Å². The molecule has 0 spiro atoms. The second-order valence-electron chi connectivity index (χ2n) is 4.36. The number of aromatic nitrogens is 1. The summed E-state index contributed by atoms with van der Waals surface area (Å²) in [6.45, 7) is 4.34. The molecular formula is C14H18N2O. The molecule has 2 aromatic rings. The molecular weight excluding hydrogens is 212 g/mol. The van der Waals surface area contributed by atoms with Gasteiger partial charge in [-0.25, -0.2) is 4.98 Å². The van der Waals surface area contributed by atoms with Crippen molar-refractivity contribution in [2.75, 3.05) is 19.5 Å². The highest BCUT2D eigenvalue weighted by atomic mass is 16.5. The molecule has 2 rings (SSSR count). The van der Waals surface area contributed by atoms with Crippen LogP contribution in [0, 0.1) is 0 Å². The molecule has 0 unspecified atom stereocenters. The van der Waals surface area contributed by atoms with E-state index in [1.54, 1.807) is 7.11 Å². The first-order chi connectivity index (χ1) is 8.17. The number of pyridine rings is 1. The Morgan fingerprint density at radius 1 is 1.29 bits per heavy atom. The number of hydrogen-bond acceptors (Lipinski definition) is 3. The zero-order valence-electron chi connectivity index (χ0n) is 10.7. The zero-order valence-corrected chi connectivity index (χ0v) is 10.7. The van der Waals surface area contributed by atoms with E-state index in [4.69, 9.17) is 4.74 Å². The van der Waals surface area contributed by atoms with Crippen molar-refractivity contribution < 1.29 is 4.74 Å². The topological polar surface area (TPSA) is 34.2 Å². The van der Waals surface area contributed by atoms with Gasteiger partial charge < -0.3 is 10.1 Å². The van der Waals surface area contributed by atoms with Crippen LogP contribution in [0.5, 0.6) is 5.75 Å². The van der Waals surface area contributed by atoms with Crippen LogP contribution in [0.2, 0.25) is 0 Å². The highest BCUT2D eigenvalue weighted by molar-refractivity contribution is 5.87. The molecule has 1 heterocycles. The molecule has 90 valence electrons. The molecule has 1 N–H and O–H groups in total. The quantitative estimate of drug-likeness (QED) is 0.877. The van der Waals surface area contributed by atoms with Crippen LogP contribution in [0.1, 0.15) is 25.3 Å². The number of methoxy groups -OCH3 is 1. The Kier molecular flexibility index (Phi) is 3.18. The number of nitrogens with zero attached hydrogens (tertiary/aromatic N) is 1. The van der Waals surface area contributed by atoms with Gasteiger partial charge in [0.2, 0.25) is 0 Å². The van der Waals surface area contributed by atoms with Crippen LogP contribution in [0.25, 0.3) is 10.9 Å². The van der Waals surface area contributed by atoms with Gasteiger partial charge in [-0.2, -0.15) is 0 Å². The Hall–Kier alpha value is -1.77. The van der Waals surface area contributed by atoms with Crippen LogP contribution >= 0.6 is 0 Å². The molecule has 0 radical (unpaired) electrons. The number of para-hydroxylation sites is 1. The molecule has 3 heteroatoms. The summed E-state index contributed by atoms with van der Waals surface area (Å²) in [4.78, 5) is 4.65. The number of hydrogen-bond donors (Lipinski definition) is 1. The van der Waals surface area contributed by atoms with Crippen molar-refractivity contribution in [3.63, 3.8) is 0 Å². The van der Waals surface area contributed by atoms with Gasteiger partial charge in [0.25, 0.3) is 0 Å². The second kappa shape index (κ2) is 4.62. The average Bonchev–Trinajstić information content (AvgIpc) is 2.36. The molecule has 0 aliphatic heterocycles. The van der Waals surface area contributed by atoms with E-state index in [1.165, 1.54) is 5.56 Å². The van der Waals surface area contributed by atoms with Crippen LogP contribution < -0.4 is 10.1 Å². The summed E-state index contributed by atoms with van der Waals surface area (Å²) >= 11 is 0. The van der Waals surface area contributed by atoms with Crippen molar-refractivity contribution in [2.24, 2.45) is 0 Å². The number of rotatable bonds is 3. The van der Waals surface area contributed by atoms with Crippen molar-refractivity contribution in [3.05, 3.63) is 29.8 Å². The Morgan fingerprint density at radius 2 is 2.06 bits per heavy atom. The zero-order chi connectivity index (χ0) is 12.4. The van der Waals surface area contributed by atoms with E-state index in [1.807, 2.05) is 19.2 Å². The van der Waals surface area contributed by atoms with E-state index in [9.17, 15) is 0 Å². The number of anilines is 1. The smallest absolute Gasteiger partial charge is 0.145 e. The fraction of sp³-hybridized carbons (Fsp3) is 0.357. The monoisotopic (exact) mass is 230 g/mol. The standard InChI is InChI=1S/C14H18N2O/c1-9(2)11-8-10-6-5-7-12(17-4)13(10)16-14(11)15-3/h5-9H,1-4H3,(H,15,16). The van der Waals surface area contributed by atoms with Gasteiger partial charge in [0.15, 0.2) is 0 Å². The highest BCUT2D eigenvalue weighted by Crippen LogP contribution is 2.30. The third-order valence-electron chi connectivity index (χ3n) is 2.92. The molecule has 0 fully saturated rings. The lowest BCUT2D eigenvalue weighted by Gasteiger charge is -2.14. The lowest BCUT2D eigenvalue weighted by molar-refractivity contribution is 0.419. The lowest BCUT2D eigenvalue weighted by atomic mass is 10.0. The molecule has 0 aliphatic carbocycles. The molecule has 0 atom stereocenters. The average molecular weight is 230 g/mol. The predicted octanol–water partition coefficient (Wildman–Crippen LogP) is 3.41. The van der Waals surface area contributed by atoms with E-state index in [2.05, 4.69) is 36.3 Å². The van der Waals surface area contributed by atoms with Crippen LogP contribution in [0.15, 0.2) is 24.3 Å². The van der Waals surface area contributed by atoms with Crippen molar-refractivity contribution in [1.29, 1.82) is 0 Å². The summed E-state index contributed by atoms with van der Waals surface area (Å²) in [6, 6.07) is 8.17. The largest absolute Gasteiger partial charge is 0.494 e. The molecule has 3 nitrogen and oxygen atoms in total. The lowest BCUT2D eigenvalue weighted by Crippen LogP contribution is -2.01. The Bertz CT molecular complexity index is 535. The van der Waals surface area contributed by atoms with Gasteiger partial charge in [0.05, 0.1) is 7.11 Å². The van der Waals surface area contributed by atoms with Crippen LogP contribution in [0.3, 0.4) is 0 Å². The van der Waals surface area contributed by atoms with Gasteiger partial charge >= 0.3 is 0 Å². The third kappa shape index (κ3) is 2.05. The minimum Gasteiger partial charge on any atom is -0.494 e. The van der Waals surface area contributed by atoms with E-state index in [0.29, 0.717) is 5.92 Å². The first-order valence-electron chi connectivity index (χ1n) is 5.82. The normalized spacial score (nSPS) is 10.9. The minimum absolute atomic E-state index is 0.445. The third-order valence-corrected chi connectivity index (χ3v) is 2.92. The number of benzene rings is 1. The fourth-order valence-corrected chi connectivity index (χ4v) is 1.99. The van der Waals surface area contributed by atoms with E-state index in [0.717, 1.165) is 22.5 Å². The van der Waals surface area contributed by atoms with Crippen molar-refractivity contribution in [1.82, 2.24) is 4.98 Å². The molecule has 0 bridgehead atoms.